The van der Waals surface area contributed by atoms with Crippen molar-refractivity contribution in [2.45, 2.75) is 13.3 Å². The van der Waals surface area contributed by atoms with Crippen LogP contribution in [0.5, 0.6) is 0 Å². The van der Waals surface area contributed by atoms with Crippen LogP contribution in [0.25, 0.3) is 0 Å². The van der Waals surface area contributed by atoms with E-state index in [4.69, 9.17) is 16.9 Å². The van der Waals surface area contributed by atoms with Crippen LogP contribution in [0.3, 0.4) is 0 Å². The SMILES string of the molecule is CCC(C#N)C(=O)Nc1ccc(Cl)cc1I. The van der Waals surface area contributed by atoms with E-state index in [9.17, 15) is 4.79 Å². The summed E-state index contributed by atoms with van der Waals surface area (Å²) in [6.45, 7) is 1.81. The fraction of sp³-hybridized carbons (Fsp3) is 0.273. The highest BCUT2D eigenvalue weighted by Gasteiger charge is 2.16. The third-order valence-corrected chi connectivity index (χ3v) is 3.20. The molecule has 16 heavy (non-hydrogen) atoms. The Balaban J connectivity index is 2.81. The van der Waals surface area contributed by atoms with Gasteiger partial charge in [-0.05, 0) is 47.2 Å². The van der Waals surface area contributed by atoms with E-state index < -0.39 is 5.92 Å². The molecule has 0 aliphatic heterocycles. The summed E-state index contributed by atoms with van der Waals surface area (Å²) in [5.74, 6) is -0.878. The van der Waals surface area contributed by atoms with Gasteiger partial charge in [0.1, 0.15) is 5.92 Å². The summed E-state index contributed by atoms with van der Waals surface area (Å²) < 4.78 is 0.853. The normalized spacial score (nSPS) is 11.6. The maximum absolute atomic E-state index is 11.6. The van der Waals surface area contributed by atoms with Gasteiger partial charge in [0.15, 0.2) is 0 Å². The van der Waals surface area contributed by atoms with Crippen molar-refractivity contribution in [3.63, 3.8) is 0 Å². The second kappa shape index (κ2) is 6.06. The molecule has 0 aromatic heterocycles. The van der Waals surface area contributed by atoms with Crippen molar-refractivity contribution in [1.29, 1.82) is 5.26 Å². The Hall–Kier alpha value is -0.800. The largest absolute Gasteiger partial charge is 0.324 e. The van der Waals surface area contributed by atoms with Crippen LogP contribution in [0.4, 0.5) is 5.69 Å². The Bertz CT molecular complexity index is 442. The maximum Gasteiger partial charge on any atom is 0.241 e. The van der Waals surface area contributed by atoms with Gasteiger partial charge in [-0.2, -0.15) is 5.26 Å². The second-order valence-electron chi connectivity index (χ2n) is 3.20. The van der Waals surface area contributed by atoms with Crippen molar-refractivity contribution >= 4 is 45.8 Å². The summed E-state index contributed by atoms with van der Waals surface area (Å²) in [5.41, 5.74) is 0.684. The minimum absolute atomic E-state index is 0.273. The number of nitrogens with one attached hydrogen (secondary N) is 1. The molecule has 1 amide bonds. The van der Waals surface area contributed by atoms with Crippen molar-refractivity contribution in [2.24, 2.45) is 5.92 Å². The Labute approximate surface area is 113 Å². The van der Waals surface area contributed by atoms with Crippen molar-refractivity contribution in [2.75, 3.05) is 5.32 Å². The molecule has 84 valence electrons. The molecule has 1 unspecified atom stereocenters. The molecule has 1 atom stereocenters. The van der Waals surface area contributed by atoms with Crippen LogP contribution in [0.2, 0.25) is 5.02 Å². The number of amides is 1. The lowest BCUT2D eigenvalue weighted by atomic mass is 10.1. The molecular formula is C11H10ClIN2O. The molecule has 3 nitrogen and oxygen atoms in total. The molecular weight excluding hydrogens is 338 g/mol. The Morgan fingerprint density at radius 2 is 2.38 bits per heavy atom. The predicted octanol–water partition coefficient (Wildman–Crippen LogP) is 3.43. The first-order chi connectivity index (χ1) is 7.58. The monoisotopic (exact) mass is 348 g/mol. The number of carbonyl (C=O) groups excluding carboxylic acids is 1. The zero-order valence-corrected chi connectivity index (χ0v) is 11.5. The van der Waals surface area contributed by atoms with Gasteiger partial charge in [0.05, 0.1) is 11.8 Å². The van der Waals surface area contributed by atoms with Crippen LogP contribution in [-0.4, -0.2) is 5.91 Å². The van der Waals surface area contributed by atoms with Crippen molar-refractivity contribution in [3.05, 3.63) is 26.8 Å². The van der Waals surface area contributed by atoms with E-state index in [0.717, 1.165) is 3.57 Å². The van der Waals surface area contributed by atoms with Gasteiger partial charge < -0.3 is 5.32 Å². The Morgan fingerprint density at radius 1 is 1.69 bits per heavy atom. The first-order valence-electron chi connectivity index (χ1n) is 4.74. The standard InChI is InChI=1S/C11H10ClIN2O/c1-2-7(6-14)11(16)15-10-4-3-8(12)5-9(10)13/h3-5,7H,2H2,1H3,(H,15,16). The molecule has 1 rings (SSSR count). The third kappa shape index (κ3) is 3.35. The highest BCUT2D eigenvalue weighted by molar-refractivity contribution is 14.1. The zero-order valence-electron chi connectivity index (χ0n) is 8.63. The van der Waals surface area contributed by atoms with Gasteiger partial charge in [0, 0.05) is 8.59 Å². The smallest absolute Gasteiger partial charge is 0.241 e. The van der Waals surface area contributed by atoms with E-state index >= 15 is 0 Å². The average molecular weight is 349 g/mol. The van der Waals surface area contributed by atoms with E-state index in [1.54, 1.807) is 25.1 Å². The number of hydrogen-bond donors (Lipinski definition) is 1. The van der Waals surface area contributed by atoms with Gasteiger partial charge in [0.2, 0.25) is 5.91 Å². The van der Waals surface area contributed by atoms with Crippen LogP contribution < -0.4 is 5.32 Å². The first-order valence-corrected chi connectivity index (χ1v) is 6.19. The molecule has 0 heterocycles. The third-order valence-electron chi connectivity index (χ3n) is 2.07. The fourth-order valence-electron chi connectivity index (χ4n) is 1.15. The number of benzene rings is 1. The van der Waals surface area contributed by atoms with Crippen LogP contribution >= 0.6 is 34.2 Å². The van der Waals surface area contributed by atoms with E-state index in [0.29, 0.717) is 17.1 Å². The van der Waals surface area contributed by atoms with E-state index in [1.165, 1.54) is 0 Å². The molecule has 1 N–H and O–H groups in total. The van der Waals surface area contributed by atoms with Gasteiger partial charge in [-0.3, -0.25) is 4.79 Å². The van der Waals surface area contributed by atoms with Crippen LogP contribution in [0.1, 0.15) is 13.3 Å². The topological polar surface area (TPSA) is 52.9 Å². The highest BCUT2D eigenvalue weighted by atomic mass is 127. The van der Waals surface area contributed by atoms with Crippen molar-refractivity contribution < 1.29 is 4.79 Å². The second-order valence-corrected chi connectivity index (χ2v) is 4.80. The summed E-state index contributed by atoms with van der Waals surface area (Å²) >= 11 is 7.89. The number of nitriles is 1. The predicted molar refractivity (Wildman–Crippen MR) is 72.2 cm³/mol. The van der Waals surface area contributed by atoms with Gasteiger partial charge in [-0.25, -0.2) is 0 Å². The molecule has 1 aromatic rings. The van der Waals surface area contributed by atoms with Crippen LogP contribution in [0.15, 0.2) is 18.2 Å². The maximum atomic E-state index is 11.6. The zero-order chi connectivity index (χ0) is 12.1. The lowest BCUT2D eigenvalue weighted by Crippen LogP contribution is -2.21. The summed E-state index contributed by atoms with van der Waals surface area (Å²) in [6.07, 6.45) is 0.506. The van der Waals surface area contributed by atoms with Crippen LogP contribution in [-0.2, 0) is 4.79 Å². The molecule has 1 aromatic carbocycles. The molecule has 0 saturated heterocycles. The minimum Gasteiger partial charge on any atom is -0.324 e. The summed E-state index contributed by atoms with van der Waals surface area (Å²) in [5, 5.41) is 12.1. The average Bonchev–Trinajstić information content (AvgIpc) is 2.24. The molecule has 5 heteroatoms. The van der Waals surface area contributed by atoms with Gasteiger partial charge in [-0.1, -0.05) is 18.5 Å². The van der Waals surface area contributed by atoms with E-state index in [2.05, 4.69) is 27.9 Å². The van der Waals surface area contributed by atoms with Crippen LogP contribution in [0, 0.1) is 20.8 Å². The molecule has 0 radical (unpaired) electrons. The van der Waals surface area contributed by atoms with Crippen molar-refractivity contribution in [3.8, 4) is 6.07 Å². The molecule has 0 spiro atoms. The van der Waals surface area contributed by atoms with E-state index in [1.807, 2.05) is 6.07 Å². The lowest BCUT2D eigenvalue weighted by Gasteiger charge is -2.09. The molecule has 0 fully saturated rings. The number of nitrogens with zero attached hydrogens (tertiary/aromatic N) is 1. The van der Waals surface area contributed by atoms with Crippen molar-refractivity contribution in [1.82, 2.24) is 0 Å². The number of halogens is 2. The molecule has 0 bridgehead atoms. The number of anilines is 1. The van der Waals surface area contributed by atoms with Gasteiger partial charge in [0.25, 0.3) is 0 Å². The summed E-state index contributed by atoms with van der Waals surface area (Å²) in [6, 6.07) is 7.15. The summed E-state index contributed by atoms with van der Waals surface area (Å²) in [4.78, 5) is 11.6. The van der Waals surface area contributed by atoms with Gasteiger partial charge in [-0.15, -0.1) is 0 Å². The Morgan fingerprint density at radius 3 is 2.88 bits per heavy atom. The highest BCUT2D eigenvalue weighted by Crippen LogP contribution is 2.22. The summed E-state index contributed by atoms with van der Waals surface area (Å²) in [7, 11) is 0. The fourth-order valence-corrected chi connectivity index (χ4v) is 2.15. The van der Waals surface area contributed by atoms with Gasteiger partial charge >= 0.3 is 0 Å². The number of rotatable bonds is 3. The number of carbonyl (C=O) groups is 1. The molecule has 0 aliphatic carbocycles. The quantitative estimate of drug-likeness (QED) is 0.851. The molecule has 0 saturated carbocycles. The van der Waals surface area contributed by atoms with E-state index in [-0.39, 0.29) is 5.91 Å². The lowest BCUT2D eigenvalue weighted by molar-refractivity contribution is -0.118. The first kappa shape index (κ1) is 13.3. The molecule has 0 aliphatic rings. The minimum atomic E-state index is -0.605. The number of hydrogen-bond acceptors (Lipinski definition) is 2. The Kier molecular flexibility index (Phi) is 5.03.